The van der Waals surface area contributed by atoms with E-state index in [0.717, 1.165) is 5.56 Å². The maximum absolute atomic E-state index is 10.6. The van der Waals surface area contributed by atoms with Crippen molar-refractivity contribution < 1.29 is 9.90 Å². The summed E-state index contributed by atoms with van der Waals surface area (Å²) in [7, 11) is 0. The molecule has 2 rings (SSSR count). The van der Waals surface area contributed by atoms with Gasteiger partial charge in [0.05, 0.1) is 0 Å². The van der Waals surface area contributed by atoms with Gasteiger partial charge in [-0.3, -0.25) is 4.68 Å². The standard InChI is InChI=1S/C13H10N2O2/c16-13(17)12-8-10-15(14-12)9-4-7-11-5-2-1-3-6-11/h1-3,5-6,8,10H,9H2,(H,16,17). The van der Waals surface area contributed by atoms with Gasteiger partial charge in [-0.05, 0) is 18.2 Å². The molecule has 0 atom stereocenters. The monoisotopic (exact) mass is 226 g/mol. The second-order valence-electron chi connectivity index (χ2n) is 3.37. The molecule has 1 aromatic carbocycles. The van der Waals surface area contributed by atoms with Crippen LogP contribution in [0.4, 0.5) is 0 Å². The van der Waals surface area contributed by atoms with Gasteiger partial charge in [0.25, 0.3) is 0 Å². The molecule has 0 fully saturated rings. The van der Waals surface area contributed by atoms with Gasteiger partial charge in [0, 0.05) is 11.8 Å². The van der Waals surface area contributed by atoms with E-state index in [0.29, 0.717) is 6.54 Å². The predicted octanol–water partition coefficient (Wildman–Crippen LogP) is 1.63. The van der Waals surface area contributed by atoms with Crippen molar-refractivity contribution in [2.45, 2.75) is 6.54 Å². The highest BCUT2D eigenvalue weighted by atomic mass is 16.4. The van der Waals surface area contributed by atoms with Crippen molar-refractivity contribution in [3.05, 3.63) is 53.9 Å². The zero-order chi connectivity index (χ0) is 12.1. The summed E-state index contributed by atoms with van der Waals surface area (Å²) in [6, 6.07) is 11.0. The second-order valence-corrected chi connectivity index (χ2v) is 3.37. The van der Waals surface area contributed by atoms with Gasteiger partial charge in [-0.15, -0.1) is 0 Å². The number of nitrogens with zero attached hydrogens (tertiary/aromatic N) is 2. The third-order valence-corrected chi connectivity index (χ3v) is 2.11. The lowest BCUT2D eigenvalue weighted by molar-refractivity contribution is 0.0689. The minimum atomic E-state index is -1.03. The zero-order valence-electron chi connectivity index (χ0n) is 9.00. The Morgan fingerprint density at radius 2 is 2.06 bits per heavy atom. The van der Waals surface area contributed by atoms with Gasteiger partial charge in [0.1, 0.15) is 6.54 Å². The fourth-order valence-electron chi connectivity index (χ4n) is 1.31. The molecular formula is C13H10N2O2. The minimum Gasteiger partial charge on any atom is -0.476 e. The van der Waals surface area contributed by atoms with Crippen LogP contribution in [0.25, 0.3) is 0 Å². The number of benzene rings is 1. The first-order chi connectivity index (χ1) is 8.25. The Balaban J connectivity index is 2.03. The molecule has 0 radical (unpaired) electrons. The normalized spacial score (nSPS) is 9.41. The highest BCUT2D eigenvalue weighted by molar-refractivity contribution is 5.85. The summed E-state index contributed by atoms with van der Waals surface area (Å²) in [4.78, 5) is 10.6. The first-order valence-electron chi connectivity index (χ1n) is 5.06. The number of hydrogen-bond donors (Lipinski definition) is 1. The van der Waals surface area contributed by atoms with Gasteiger partial charge in [0.2, 0.25) is 0 Å². The molecule has 4 nitrogen and oxygen atoms in total. The van der Waals surface area contributed by atoms with Crippen LogP contribution in [-0.2, 0) is 6.54 Å². The highest BCUT2D eigenvalue weighted by Gasteiger charge is 2.04. The van der Waals surface area contributed by atoms with Crippen molar-refractivity contribution in [2.24, 2.45) is 0 Å². The molecule has 0 amide bonds. The minimum absolute atomic E-state index is 0.0338. The molecule has 84 valence electrons. The lowest BCUT2D eigenvalue weighted by Gasteiger charge is -1.91. The summed E-state index contributed by atoms with van der Waals surface area (Å²) in [6.07, 6.45) is 1.60. The molecule has 1 N–H and O–H groups in total. The van der Waals surface area contributed by atoms with Crippen LogP contribution in [0.3, 0.4) is 0 Å². The Hall–Kier alpha value is -2.54. The van der Waals surface area contributed by atoms with Crippen LogP contribution in [0.15, 0.2) is 42.6 Å². The molecule has 2 aromatic rings. The van der Waals surface area contributed by atoms with Crippen molar-refractivity contribution in [1.82, 2.24) is 9.78 Å². The second kappa shape index (κ2) is 4.99. The van der Waals surface area contributed by atoms with Crippen molar-refractivity contribution in [3.63, 3.8) is 0 Å². The van der Waals surface area contributed by atoms with Crippen LogP contribution in [0.5, 0.6) is 0 Å². The van der Waals surface area contributed by atoms with Crippen LogP contribution in [0, 0.1) is 11.8 Å². The third-order valence-electron chi connectivity index (χ3n) is 2.11. The number of carboxylic acid groups (broad SMARTS) is 1. The maximum Gasteiger partial charge on any atom is 0.356 e. The first kappa shape index (κ1) is 11.0. The molecule has 0 aliphatic rings. The van der Waals surface area contributed by atoms with Crippen LogP contribution >= 0.6 is 0 Å². The number of carboxylic acids is 1. The fourth-order valence-corrected chi connectivity index (χ4v) is 1.31. The van der Waals surface area contributed by atoms with E-state index in [1.807, 2.05) is 30.3 Å². The summed E-state index contributed by atoms with van der Waals surface area (Å²) in [6.45, 7) is 0.377. The number of aromatic carboxylic acids is 1. The van der Waals surface area contributed by atoms with Crippen LogP contribution < -0.4 is 0 Å². The van der Waals surface area contributed by atoms with E-state index < -0.39 is 5.97 Å². The number of rotatable bonds is 2. The summed E-state index contributed by atoms with van der Waals surface area (Å²) < 4.78 is 1.50. The molecule has 17 heavy (non-hydrogen) atoms. The molecule has 1 aromatic heterocycles. The molecule has 0 aliphatic heterocycles. The lowest BCUT2D eigenvalue weighted by atomic mass is 10.2. The molecule has 0 saturated heterocycles. The molecule has 0 spiro atoms. The highest BCUT2D eigenvalue weighted by Crippen LogP contribution is 1.96. The quantitative estimate of drug-likeness (QED) is 0.792. The number of carbonyl (C=O) groups is 1. The van der Waals surface area contributed by atoms with Crippen molar-refractivity contribution in [1.29, 1.82) is 0 Å². The van der Waals surface area contributed by atoms with E-state index in [4.69, 9.17) is 5.11 Å². The predicted molar refractivity (Wildman–Crippen MR) is 62.5 cm³/mol. The summed E-state index contributed by atoms with van der Waals surface area (Å²) in [5.74, 6) is 4.87. The smallest absolute Gasteiger partial charge is 0.356 e. The zero-order valence-corrected chi connectivity index (χ0v) is 9.00. The van der Waals surface area contributed by atoms with Gasteiger partial charge >= 0.3 is 5.97 Å². The largest absolute Gasteiger partial charge is 0.476 e. The Kier molecular flexibility index (Phi) is 3.22. The van der Waals surface area contributed by atoms with E-state index in [-0.39, 0.29) is 5.69 Å². The Labute approximate surface area is 98.5 Å². The molecule has 1 heterocycles. The summed E-state index contributed by atoms with van der Waals surface area (Å²) in [5, 5.41) is 12.5. The molecule has 0 saturated carbocycles. The van der Waals surface area contributed by atoms with Crippen molar-refractivity contribution in [2.75, 3.05) is 0 Å². The molecule has 0 bridgehead atoms. The topological polar surface area (TPSA) is 55.1 Å². The number of hydrogen-bond acceptors (Lipinski definition) is 2. The molecule has 0 aliphatic carbocycles. The average Bonchev–Trinajstić information content (AvgIpc) is 2.79. The molecular weight excluding hydrogens is 216 g/mol. The SMILES string of the molecule is O=C(O)c1ccn(CC#Cc2ccccc2)n1. The van der Waals surface area contributed by atoms with E-state index in [2.05, 4.69) is 16.9 Å². The van der Waals surface area contributed by atoms with E-state index in [9.17, 15) is 4.79 Å². The Bertz CT molecular complexity index is 576. The summed E-state index contributed by atoms with van der Waals surface area (Å²) >= 11 is 0. The molecule has 4 heteroatoms. The van der Waals surface area contributed by atoms with Gasteiger partial charge in [-0.2, -0.15) is 5.10 Å². The van der Waals surface area contributed by atoms with Crippen LogP contribution in [0.2, 0.25) is 0 Å². The van der Waals surface area contributed by atoms with Crippen molar-refractivity contribution in [3.8, 4) is 11.8 Å². The fraction of sp³-hybridized carbons (Fsp3) is 0.0769. The Morgan fingerprint density at radius 3 is 2.71 bits per heavy atom. The van der Waals surface area contributed by atoms with E-state index >= 15 is 0 Å². The van der Waals surface area contributed by atoms with Gasteiger partial charge < -0.3 is 5.11 Å². The third kappa shape index (κ3) is 2.95. The van der Waals surface area contributed by atoms with Crippen LogP contribution in [0.1, 0.15) is 16.1 Å². The van der Waals surface area contributed by atoms with Crippen molar-refractivity contribution >= 4 is 5.97 Å². The van der Waals surface area contributed by atoms with E-state index in [1.165, 1.54) is 10.7 Å². The molecule has 0 unspecified atom stereocenters. The van der Waals surface area contributed by atoms with Gasteiger partial charge in [-0.1, -0.05) is 30.0 Å². The van der Waals surface area contributed by atoms with E-state index in [1.54, 1.807) is 6.20 Å². The lowest BCUT2D eigenvalue weighted by Crippen LogP contribution is -2.01. The summed E-state index contributed by atoms with van der Waals surface area (Å²) in [5.41, 5.74) is 0.963. The first-order valence-corrected chi connectivity index (χ1v) is 5.06. The van der Waals surface area contributed by atoms with Crippen LogP contribution in [-0.4, -0.2) is 20.9 Å². The Morgan fingerprint density at radius 1 is 1.29 bits per heavy atom. The number of aromatic nitrogens is 2. The maximum atomic E-state index is 10.6. The van der Waals surface area contributed by atoms with Gasteiger partial charge in [0.15, 0.2) is 5.69 Å². The van der Waals surface area contributed by atoms with Gasteiger partial charge in [-0.25, -0.2) is 4.79 Å². The average molecular weight is 226 g/mol.